The highest BCUT2D eigenvalue weighted by atomic mass is 32.2. The van der Waals surface area contributed by atoms with E-state index in [-0.39, 0.29) is 17.7 Å². The standard InChI is InChI=1S/C29H31N5OS/c1-21-11-8-9-17-25(21)34-28(24-16-10-18-30-19-24)32-33-29(34)36-20-26(35)31-27(22-12-4-2-5-13-22)23-14-6-3-7-15-23/h2-7,10,12-16,18-19,21,25,27H,8-9,11,17,20H2,1H3,(H,31,35). The first-order valence-corrected chi connectivity index (χ1v) is 13.6. The maximum atomic E-state index is 13.2. The summed E-state index contributed by atoms with van der Waals surface area (Å²) in [5.74, 6) is 1.59. The minimum absolute atomic E-state index is 0.0353. The van der Waals surface area contributed by atoms with E-state index in [9.17, 15) is 4.79 Å². The highest BCUT2D eigenvalue weighted by Crippen LogP contribution is 2.39. The van der Waals surface area contributed by atoms with Gasteiger partial charge in [0.15, 0.2) is 11.0 Å². The molecule has 0 bridgehead atoms. The summed E-state index contributed by atoms with van der Waals surface area (Å²) in [6.07, 6.45) is 8.34. The van der Waals surface area contributed by atoms with Crippen LogP contribution < -0.4 is 5.32 Å². The molecule has 1 N–H and O–H groups in total. The Kier molecular flexibility index (Phi) is 7.76. The van der Waals surface area contributed by atoms with Crippen LogP contribution in [0.4, 0.5) is 0 Å². The van der Waals surface area contributed by atoms with Crippen molar-refractivity contribution < 1.29 is 4.79 Å². The number of nitrogens with one attached hydrogen (secondary N) is 1. The van der Waals surface area contributed by atoms with Gasteiger partial charge in [0.25, 0.3) is 0 Å². The van der Waals surface area contributed by atoms with Crippen LogP contribution in [0.15, 0.2) is 90.3 Å². The van der Waals surface area contributed by atoms with E-state index >= 15 is 0 Å². The largest absolute Gasteiger partial charge is 0.344 e. The molecule has 2 heterocycles. The topological polar surface area (TPSA) is 72.7 Å². The predicted octanol–water partition coefficient (Wildman–Crippen LogP) is 6.09. The molecule has 2 atom stereocenters. The molecule has 1 amide bonds. The van der Waals surface area contributed by atoms with Crippen molar-refractivity contribution in [3.63, 3.8) is 0 Å². The number of hydrogen-bond acceptors (Lipinski definition) is 5. The smallest absolute Gasteiger partial charge is 0.231 e. The zero-order valence-corrected chi connectivity index (χ0v) is 21.3. The van der Waals surface area contributed by atoms with Crippen LogP contribution in [0.5, 0.6) is 0 Å². The van der Waals surface area contributed by atoms with E-state index in [1.54, 1.807) is 6.20 Å². The zero-order valence-electron chi connectivity index (χ0n) is 20.5. The van der Waals surface area contributed by atoms with Crippen LogP contribution in [-0.4, -0.2) is 31.4 Å². The van der Waals surface area contributed by atoms with E-state index in [1.165, 1.54) is 31.0 Å². The number of carbonyl (C=O) groups excluding carboxylic acids is 1. The number of aromatic nitrogens is 4. The zero-order chi connectivity index (χ0) is 24.7. The molecule has 7 heteroatoms. The van der Waals surface area contributed by atoms with Gasteiger partial charge in [-0.25, -0.2) is 0 Å². The molecule has 1 aliphatic carbocycles. The second-order valence-corrected chi connectivity index (χ2v) is 10.3. The third kappa shape index (κ3) is 5.51. The lowest BCUT2D eigenvalue weighted by atomic mass is 9.85. The molecule has 0 saturated heterocycles. The van der Waals surface area contributed by atoms with Crippen LogP contribution in [0, 0.1) is 5.92 Å². The summed E-state index contributed by atoms with van der Waals surface area (Å²) in [7, 11) is 0. The molecule has 1 fully saturated rings. The molecule has 2 aromatic heterocycles. The predicted molar refractivity (Wildman–Crippen MR) is 144 cm³/mol. The molecule has 184 valence electrons. The molecule has 0 radical (unpaired) electrons. The fourth-order valence-corrected chi connectivity index (χ4v) is 5.83. The summed E-state index contributed by atoms with van der Waals surface area (Å²) < 4.78 is 2.25. The number of benzene rings is 2. The highest BCUT2D eigenvalue weighted by molar-refractivity contribution is 7.99. The summed E-state index contributed by atoms with van der Waals surface area (Å²) in [5.41, 5.74) is 3.06. The molecule has 2 unspecified atom stereocenters. The lowest BCUT2D eigenvalue weighted by Gasteiger charge is -2.31. The van der Waals surface area contributed by atoms with Crippen molar-refractivity contribution in [2.24, 2.45) is 5.92 Å². The van der Waals surface area contributed by atoms with E-state index in [0.29, 0.717) is 12.0 Å². The third-order valence-electron chi connectivity index (χ3n) is 6.89. The molecule has 36 heavy (non-hydrogen) atoms. The second kappa shape index (κ2) is 11.5. The van der Waals surface area contributed by atoms with Gasteiger partial charge in [-0.1, -0.05) is 92.2 Å². The van der Waals surface area contributed by atoms with Crippen LogP contribution in [0.1, 0.15) is 55.8 Å². The van der Waals surface area contributed by atoms with Crippen LogP contribution in [0.25, 0.3) is 11.4 Å². The molecule has 0 spiro atoms. The lowest BCUT2D eigenvalue weighted by Crippen LogP contribution is -2.31. The Bertz CT molecular complexity index is 1220. The fourth-order valence-electron chi connectivity index (χ4n) is 5.03. The molecular formula is C29H31N5OS. The summed E-state index contributed by atoms with van der Waals surface area (Å²) in [6, 6.07) is 24.2. The van der Waals surface area contributed by atoms with Gasteiger partial charge in [0.05, 0.1) is 11.8 Å². The van der Waals surface area contributed by atoms with Crippen LogP contribution in [0.2, 0.25) is 0 Å². The van der Waals surface area contributed by atoms with Gasteiger partial charge in [-0.05, 0) is 42.0 Å². The van der Waals surface area contributed by atoms with E-state index in [1.807, 2.05) is 79.0 Å². The minimum Gasteiger partial charge on any atom is -0.344 e. The van der Waals surface area contributed by atoms with Crippen molar-refractivity contribution in [1.29, 1.82) is 0 Å². The average molecular weight is 498 g/mol. The van der Waals surface area contributed by atoms with Crippen LogP contribution in [0.3, 0.4) is 0 Å². The van der Waals surface area contributed by atoms with E-state index < -0.39 is 0 Å². The third-order valence-corrected chi connectivity index (χ3v) is 7.83. The summed E-state index contributed by atoms with van der Waals surface area (Å²) in [4.78, 5) is 17.5. The van der Waals surface area contributed by atoms with Gasteiger partial charge in [-0.15, -0.1) is 10.2 Å². The first-order chi connectivity index (χ1) is 17.7. The van der Waals surface area contributed by atoms with E-state index in [0.717, 1.165) is 34.1 Å². The minimum atomic E-state index is -0.206. The molecule has 0 aliphatic heterocycles. The van der Waals surface area contributed by atoms with Crippen LogP contribution in [-0.2, 0) is 4.79 Å². The van der Waals surface area contributed by atoms with Crippen molar-refractivity contribution in [1.82, 2.24) is 25.1 Å². The first-order valence-electron chi connectivity index (χ1n) is 12.6. The van der Waals surface area contributed by atoms with Crippen molar-refractivity contribution >= 4 is 17.7 Å². The SMILES string of the molecule is CC1CCCCC1n1c(SCC(=O)NC(c2ccccc2)c2ccccc2)nnc1-c1cccnc1. The number of rotatable bonds is 8. The van der Waals surface area contributed by atoms with Crippen LogP contribution >= 0.6 is 11.8 Å². The Balaban J connectivity index is 1.37. The quantitative estimate of drug-likeness (QED) is 0.298. The Labute approximate surface area is 216 Å². The van der Waals surface area contributed by atoms with Gasteiger partial charge in [0.2, 0.25) is 5.91 Å². The normalized spacial score (nSPS) is 17.7. The monoisotopic (exact) mass is 497 g/mol. The lowest BCUT2D eigenvalue weighted by molar-refractivity contribution is -0.119. The van der Waals surface area contributed by atoms with E-state index in [2.05, 4.69) is 32.0 Å². The molecule has 4 aromatic rings. The second-order valence-electron chi connectivity index (χ2n) is 9.36. The number of hydrogen-bond donors (Lipinski definition) is 1. The fraction of sp³-hybridized carbons (Fsp3) is 0.310. The van der Waals surface area contributed by atoms with Gasteiger partial charge in [0, 0.05) is 24.0 Å². The molecule has 2 aromatic carbocycles. The van der Waals surface area contributed by atoms with Gasteiger partial charge in [0.1, 0.15) is 0 Å². The van der Waals surface area contributed by atoms with Crippen molar-refractivity contribution in [2.75, 3.05) is 5.75 Å². The molecule has 5 rings (SSSR count). The number of pyridine rings is 1. The van der Waals surface area contributed by atoms with Crippen molar-refractivity contribution in [3.05, 3.63) is 96.3 Å². The van der Waals surface area contributed by atoms with E-state index in [4.69, 9.17) is 0 Å². The average Bonchev–Trinajstić information content (AvgIpc) is 3.36. The summed E-state index contributed by atoms with van der Waals surface area (Å²) in [6.45, 7) is 2.31. The summed E-state index contributed by atoms with van der Waals surface area (Å²) in [5, 5.41) is 13.1. The van der Waals surface area contributed by atoms with Gasteiger partial charge in [-0.3, -0.25) is 14.3 Å². The Hall–Kier alpha value is -3.45. The van der Waals surface area contributed by atoms with Gasteiger partial charge in [-0.2, -0.15) is 0 Å². The van der Waals surface area contributed by atoms with Crippen molar-refractivity contribution in [3.8, 4) is 11.4 Å². The van der Waals surface area contributed by atoms with Gasteiger partial charge < -0.3 is 5.32 Å². The Morgan fingerprint density at radius 1 is 0.972 bits per heavy atom. The highest BCUT2D eigenvalue weighted by Gasteiger charge is 2.29. The molecular weight excluding hydrogens is 466 g/mol. The number of carbonyl (C=O) groups is 1. The molecule has 6 nitrogen and oxygen atoms in total. The number of nitrogens with zero attached hydrogens (tertiary/aromatic N) is 4. The van der Waals surface area contributed by atoms with Crippen molar-refractivity contribution in [2.45, 2.75) is 49.8 Å². The molecule has 1 saturated carbocycles. The summed E-state index contributed by atoms with van der Waals surface area (Å²) >= 11 is 1.46. The van der Waals surface area contributed by atoms with Gasteiger partial charge >= 0.3 is 0 Å². The number of amides is 1. The maximum absolute atomic E-state index is 13.2. The molecule has 1 aliphatic rings. The maximum Gasteiger partial charge on any atom is 0.231 e. The first kappa shape index (κ1) is 24.3. The number of thioether (sulfide) groups is 1. The Morgan fingerprint density at radius 2 is 1.67 bits per heavy atom. The Morgan fingerprint density at radius 3 is 2.31 bits per heavy atom.